The van der Waals surface area contributed by atoms with Gasteiger partial charge in [0.2, 0.25) is 5.91 Å². The van der Waals surface area contributed by atoms with Gasteiger partial charge >= 0.3 is 12.1 Å². The van der Waals surface area contributed by atoms with E-state index < -0.39 is 33.7 Å². The van der Waals surface area contributed by atoms with Gasteiger partial charge in [-0.3, -0.25) is 14.6 Å². The number of carbonyl (C=O) groups is 2. The quantitative estimate of drug-likeness (QED) is 0.477. The third-order valence-electron chi connectivity index (χ3n) is 4.34. The molecule has 3 rings (SSSR count). The minimum Gasteiger partial charge on any atom is -0.325 e. The first-order valence-corrected chi connectivity index (χ1v) is 8.97. The van der Waals surface area contributed by atoms with Gasteiger partial charge in [-0.25, -0.2) is 10.1 Å². The van der Waals surface area contributed by atoms with Crippen molar-refractivity contribution in [2.45, 2.75) is 19.5 Å². The Morgan fingerprint density at radius 2 is 1.87 bits per heavy atom. The van der Waals surface area contributed by atoms with E-state index in [0.717, 1.165) is 6.07 Å². The molecule has 0 atom stereocenters. The van der Waals surface area contributed by atoms with Crippen molar-refractivity contribution in [1.82, 2.24) is 4.98 Å². The van der Waals surface area contributed by atoms with E-state index in [4.69, 9.17) is 0 Å². The molecule has 2 amide bonds. The molecule has 31 heavy (non-hydrogen) atoms. The zero-order chi connectivity index (χ0) is 22.8. The van der Waals surface area contributed by atoms with E-state index in [9.17, 15) is 32.9 Å². The number of fused-ring (bicyclic) bond motifs is 1. The van der Waals surface area contributed by atoms with Crippen molar-refractivity contribution in [2.24, 2.45) is 0 Å². The summed E-state index contributed by atoms with van der Waals surface area (Å²) in [6.45, 7) is 1.56. The van der Waals surface area contributed by atoms with Crippen LogP contribution in [0.15, 0.2) is 54.7 Å². The summed E-state index contributed by atoms with van der Waals surface area (Å²) in [6.07, 6.45) is -4.13. The lowest BCUT2D eigenvalue weighted by atomic mass is 10.0. The molecule has 1 heterocycles. The number of halogens is 3. The zero-order valence-electron chi connectivity index (χ0n) is 16.0. The van der Waals surface area contributed by atoms with Crippen LogP contribution in [0.3, 0.4) is 0 Å². The SMILES string of the molecule is CCC(=O)Nc1cccc(N(C(=O)C(F)(F)F)[N+](=O)[O-])c1-c1cnc2ccccc2c1. The second-order valence-electron chi connectivity index (χ2n) is 6.37. The monoisotopic (exact) mass is 432 g/mol. The summed E-state index contributed by atoms with van der Waals surface area (Å²) in [5, 5.41) is 12.6. The van der Waals surface area contributed by atoms with E-state index in [2.05, 4.69) is 10.3 Å². The van der Waals surface area contributed by atoms with Crippen molar-refractivity contribution >= 4 is 34.1 Å². The Balaban J connectivity index is 2.30. The van der Waals surface area contributed by atoms with Crippen LogP contribution in [0.2, 0.25) is 0 Å². The lowest BCUT2D eigenvalue weighted by Gasteiger charge is -2.20. The molecule has 0 saturated carbocycles. The molecule has 0 bridgehead atoms. The number of amides is 2. The van der Waals surface area contributed by atoms with Crippen LogP contribution >= 0.6 is 0 Å². The molecule has 0 unspecified atom stereocenters. The molecule has 0 fully saturated rings. The fraction of sp³-hybridized carbons (Fsp3) is 0.150. The van der Waals surface area contributed by atoms with Gasteiger partial charge in [0, 0.05) is 29.1 Å². The molecule has 0 saturated heterocycles. The van der Waals surface area contributed by atoms with E-state index in [1.807, 2.05) is 0 Å². The van der Waals surface area contributed by atoms with Crippen LogP contribution < -0.4 is 10.3 Å². The predicted molar refractivity (Wildman–Crippen MR) is 107 cm³/mol. The van der Waals surface area contributed by atoms with Crippen molar-refractivity contribution in [3.63, 3.8) is 0 Å². The van der Waals surface area contributed by atoms with Crippen LogP contribution in [-0.4, -0.2) is 28.0 Å². The first kappa shape index (κ1) is 21.7. The molecule has 1 N–H and O–H groups in total. The largest absolute Gasteiger partial charge is 0.477 e. The maximum atomic E-state index is 13.1. The van der Waals surface area contributed by atoms with Gasteiger partial charge in [-0.05, 0) is 29.3 Å². The minimum absolute atomic E-state index is 0.00301. The molecule has 3 aromatic rings. The van der Waals surface area contributed by atoms with Crippen molar-refractivity contribution in [3.8, 4) is 11.1 Å². The second kappa shape index (κ2) is 8.38. The number of nitro groups is 1. The highest BCUT2D eigenvalue weighted by Gasteiger charge is 2.49. The number of rotatable bonds is 5. The maximum absolute atomic E-state index is 13.1. The minimum atomic E-state index is -5.49. The highest BCUT2D eigenvalue weighted by Crippen LogP contribution is 2.39. The average Bonchev–Trinajstić information content (AvgIpc) is 2.72. The van der Waals surface area contributed by atoms with Crippen molar-refractivity contribution in [1.29, 1.82) is 0 Å². The van der Waals surface area contributed by atoms with Gasteiger partial charge in [-0.2, -0.15) is 13.2 Å². The first-order chi connectivity index (χ1) is 14.6. The maximum Gasteiger partial charge on any atom is 0.477 e. The molecular formula is C20H15F3N4O4. The Labute approximate surface area is 173 Å². The second-order valence-corrected chi connectivity index (χ2v) is 6.37. The van der Waals surface area contributed by atoms with E-state index in [0.29, 0.717) is 10.9 Å². The van der Waals surface area contributed by atoms with E-state index in [1.54, 1.807) is 37.3 Å². The predicted octanol–water partition coefficient (Wildman–Crippen LogP) is 4.34. The Morgan fingerprint density at radius 1 is 1.16 bits per heavy atom. The summed E-state index contributed by atoms with van der Waals surface area (Å²) in [5.74, 6) is -3.14. The Hall–Kier alpha value is -4.02. The third-order valence-corrected chi connectivity index (χ3v) is 4.34. The normalized spacial score (nSPS) is 11.2. The van der Waals surface area contributed by atoms with Crippen LogP contribution in [0.4, 0.5) is 24.5 Å². The Morgan fingerprint density at radius 3 is 2.52 bits per heavy atom. The third kappa shape index (κ3) is 4.44. The summed E-state index contributed by atoms with van der Waals surface area (Å²) < 4.78 is 39.2. The average molecular weight is 432 g/mol. The van der Waals surface area contributed by atoms with E-state index >= 15 is 0 Å². The molecule has 8 nitrogen and oxygen atoms in total. The summed E-state index contributed by atoms with van der Waals surface area (Å²) in [7, 11) is 0. The number of carbonyl (C=O) groups excluding carboxylic acids is 2. The number of alkyl halides is 3. The molecule has 160 valence electrons. The zero-order valence-corrected chi connectivity index (χ0v) is 16.0. The number of nitrogens with zero attached hydrogens (tertiary/aromatic N) is 3. The molecular weight excluding hydrogens is 417 g/mol. The highest BCUT2D eigenvalue weighted by atomic mass is 19.4. The lowest BCUT2D eigenvalue weighted by Crippen LogP contribution is -2.45. The van der Waals surface area contributed by atoms with Crippen LogP contribution in [0.25, 0.3) is 22.0 Å². The van der Waals surface area contributed by atoms with Crippen LogP contribution in [0.1, 0.15) is 13.3 Å². The van der Waals surface area contributed by atoms with Gasteiger partial charge in [0.05, 0.1) is 11.2 Å². The molecule has 1 aromatic heterocycles. The Kier molecular flexibility index (Phi) is 5.86. The van der Waals surface area contributed by atoms with Crippen LogP contribution in [0.5, 0.6) is 0 Å². The fourth-order valence-corrected chi connectivity index (χ4v) is 2.96. The molecule has 0 aliphatic carbocycles. The standard InChI is InChI=1S/C20H15F3N4O4/c1-2-17(28)25-15-8-5-9-16(26(27(30)31)19(29)20(21,22)23)18(15)13-10-12-6-3-4-7-14(12)24-11-13/h3-11H,2H2,1H3,(H,25,28). The van der Waals surface area contributed by atoms with Gasteiger partial charge < -0.3 is 5.32 Å². The number of benzene rings is 2. The number of aromatic nitrogens is 1. The van der Waals surface area contributed by atoms with Gasteiger partial charge in [-0.1, -0.05) is 31.2 Å². The van der Waals surface area contributed by atoms with Gasteiger partial charge in [0.25, 0.3) is 0 Å². The summed E-state index contributed by atoms with van der Waals surface area (Å²) in [6, 6.07) is 12.0. The number of anilines is 2. The lowest BCUT2D eigenvalue weighted by molar-refractivity contribution is -0.486. The topological polar surface area (TPSA) is 105 Å². The number of hydrogen-bond acceptors (Lipinski definition) is 5. The molecule has 11 heteroatoms. The number of hydrazine groups is 1. The summed E-state index contributed by atoms with van der Waals surface area (Å²) in [4.78, 5) is 39.5. The number of hydrogen-bond donors (Lipinski definition) is 1. The molecule has 0 radical (unpaired) electrons. The molecule has 2 aromatic carbocycles. The van der Waals surface area contributed by atoms with E-state index in [1.165, 1.54) is 18.3 Å². The number of pyridine rings is 1. The smallest absolute Gasteiger partial charge is 0.325 e. The summed E-state index contributed by atoms with van der Waals surface area (Å²) >= 11 is 0. The van der Waals surface area contributed by atoms with Crippen LogP contribution in [0, 0.1) is 10.1 Å². The highest BCUT2D eigenvalue weighted by molar-refractivity contribution is 6.05. The van der Waals surface area contributed by atoms with Crippen molar-refractivity contribution in [2.75, 3.05) is 10.3 Å². The molecule has 0 aliphatic heterocycles. The van der Waals surface area contributed by atoms with Crippen molar-refractivity contribution < 1.29 is 27.8 Å². The molecule has 0 spiro atoms. The van der Waals surface area contributed by atoms with Crippen molar-refractivity contribution in [3.05, 3.63) is 64.8 Å². The summed E-state index contributed by atoms with van der Waals surface area (Å²) in [5.41, 5.74) is -0.0266. The van der Waals surface area contributed by atoms with Crippen LogP contribution in [-0.2, 0) is 9.59 Å². The number of para-hydroxylation sites is 1. The van der Waals surface area contributed by atoms with Gasteiger partial charge in [0.15, 0.2) is 5.03 Å². The molecule has 0 aliphatic rings. The van der Waals surface area contributed by atoms with Gasteiger partial charge in [0.1, 0.15) is 5.69 Å². The Bertz CT molecular complexity index is 1180. The van der Waals surface area contributed by atoms with E-state index in [-0.39, 0.29) is 23.2 Å². The first-order valence-electron chi connectivity index (χ1n) is 8.97. The fourth-order valence-electron chi connectivity index (χ4n) is 2.96. The van der Waals surface area contributed by atoms with Gasteiger partial charge in [-0.15, -0.1) is 0 Å². The number of nitrogens with one attached hydrogen (secondary N) is 1.